The second-order valence-electron chi connectivity index (χ2n) is 12.8. The molecule has 2 N–H and O–H groups in total. The van der Waals surface area contributed by atoms with Crippen LogP contribution < -0.4 is 15.4 Å². The summed E-state index contributed by atoms with van der Waals surface area (Å²) in [6.07, 6.45) is 10.4. The van der Waals surface area contributed by atoms with Crippen molar-refractivity contribution < 1.29 is 33.3 Å². The Balaban J connectivity index is 1.03. The van der Waals surface area contributed by atoms with Gasteiger partial charge in [0, 0.05) is 44.1 Å². The molecule has 1 atom stereocenters. The summed E-state index contributed by atoms with van der Waals surface area (Å²) in [6, 6.07) is 16.8. The Bertz CT molecular complexity index is 1670. The van der Waals surface area contributed by atoms with Gasteiger partial charge in [-0.25, -0.2) is 9.97 Å². The van der Waals surface area contributed by atoms with Gasteiger partial charge in [-0.05, 0) is 81.0 Å². The lowest BCUT2D eigenvalue weighted by molar-refractivity contribution is -0.140. The summed E-state index contributed by atoms with van der Waals surface area (Å²) in [7, 11) is 3.30. The standard InChI is InChI=1S/C40H55N7O7/c1-31(44-40(49)33-14-11-15-34(27-33)42-29-37-45-46-39(47(37)2)36-18-19-41-30-43-36)32-13-12-16-35(28-32)54-22-10-5-4-8-20-51-23-25-53-26-24-52-21-9-6-7-17-38(48)50-3/h11-16,18-19,27-28,30-31,42H,4-10,17,20-26,29H2,1-3H3,(H,44,49)/t31-/m1/s1. The summed E-state index contributed by atoms with van der Waals surface area (Å²) in [5.41, 5.74) is 3.01. The van der Waals surface area contributed by atoms with Crippen LogP contribution in [0.25, 0.3) is 11.5 Å². The fourth-order valence-electron chi connectivity index (χ4n) is 5.49. The summed E-state index contributed by atoms with van der Waals surface area (Å²) in [5, 5.41) is 15.0. The number of carbonyl (C=O) groups is 2. The molecule has 0 aliphatic rings. The number of rotatable bonds is 27. The Morgan fingerprint density at radius 1 is 0.796 bits per heavy atom. The lowest BCUT2D eigenvalue weighted by atomic mass is 10.1. The van der Waals surface area contributed by atoms with E-state index in [1.54, 1.807) is 18.3 Å². The molecular formula is C40H55N7O7. The van der Waals surface area contributed by atoms with Gasteiger partial charge in [-0.1, -0.05) is 31.0 Å². The highest BCUT2D eigenvalue weighted by Gasteiger charge is 2.14. The smallest absolute Gasteiger partial charge is 0.305 e. The van der Waals surface area contributed by atoms with Crippen molar-refractivity contribution >= 4 is 17.6 Å². The number of nitrogens with one attached hydrogen (secondary N) is 2. The number of esters is 1. The zero-order chi connectivity index (χ0) is 38.2. The molecule has 292 valence electrons. The third-order valence-electron chi connectivity index (χ3n) is 8.65. The molecule has 0 aliphatic carbocycles. The van der Waals surface area contributed by atoms with E-state index < -0.39 is 0 Å². The minimum absolute atomic E-state index is 0.160. The third kappa shape index (κ3) is 15.2. The Hall–Kier alpha value is -4.92. The lowest BCUT2D eigenvalue weighted by Crippen LogP contribution is -2.26. The van der Waals surface area contributed by atoms with Crippen LogP contribution in [-0.2, 0) is 37.3 Å². The van der Waals surface area contributed by atoms with Crippen molar-refractivity contribution in [1.82, 2.24) is 30.0 Å². The monoisotopic (exact) mass is 745 g/mol. The maximum Gasteiger partial charge on any atom is 0.305 e. The third-order valence-corrected chi connectivity index (χ3v) is 8.65. The number of anilines is 1. The van der Waals surface area contributed by atoms with Gasteiger partial charge in [-0.15, -0.1) is 10.2 Å². The fraction of sp³-hybridized carbons (Fsp3) is 0.500. The number of hydrogen-bond acceptors (Lipinski definition) is 12. The van der Waals surface area contributed by atoms with Gasteiger partial charge in [0.05, 0.1) is 52.7 Å². The van der Waals surface area contributed by atoms with Crippen molar-refractivity contribution in [1.29, 1.82) is 0 Å². The van der Waals surface area contributed by atoms with Gasteiger partial charge in [0.15, 0.2) is 11.6 Å². The van der Waals surface area contributed by atoms with Crippen LogP contribution in [0.3, 0.4) is 0 Å². The van der Waals surface area contributed by atoms with Gasteiger partial charge in [-0.3, -0.25) is 9.59 Å². The molecule has 0 spiro atoms. The number of ether oxygens (including phenoxy) is 5. The molecule has 0 radical (unpaired) electrons. The molecule has 14 heteroatoms. The molecule has 2 aromatic carbocycles. The van der Waals surface area contributed by atoms with Crippen molar-refractivity contribution in [3.8, 4) is 17.3 Å². The highest BCUT2D eigenvalue weighted by molar-refractivity contribution is 5.95. The van der Waals surface area contributed by atoms with Gasteiger partial charge in [0.2, 0.25) is 0 Å². The molecule has 14 nitrogen and oxygen atoms in total. The molecular weight excluding hydrogens is 690 g/mol. The molecule has 4 rings (SSSR count). The van der Waals surface area contributed by atoms with E-state index in [9.17, 15) is 9.59 Å². The lowest BCUT2D eigenvalue weighted by Gasteiger charge is -2.16. The molecule has 0 bridgehead atoms. The van der Waals surface area contributed by atoms with Gasteiger partial charge in [-0.2, -0.15) is 0 Å². The quantitative estimate of drug-likeness (QED) is 0.0534. The highest BCUT2D eigenvalue weighted by atomic mass is 16.5. The summed E-state index contributed by atoms with van der Waals surface area (Å²) in [6.45, 7) is 6.66. The summed E-state index contributed by atoms with van der Waals surface area (Å²) in [5.74, 6) is 1.85. The van der Waals surface area contributed by atoms with Crippen LogP contribution in [0, 0.1) is 0 Å². The van der Waals surface area contributed by atoms with E-state index in [0.29, 0.717) is 76.3 Å². The summed E-state index contributed by atoms with van der Waals surface area (Å²) >= 11 is 0. The first-order valence-corrected chi connectivity index (χ1v) is 18.8. The number of carbonyl (C=O) groups excluding carboxylic acids is 2. The van der Waals surface area contributed by atoms with Crippen LogP contribution in [0.15, 0.2) is 67.1 Å². The van der Waals surface area contributed by atoms with Crippen molar-refractivity contribution in [2.24, 2.45) is 7.05 Å². The first kappa shape index (κ1) is 41.8. The minimum atomic E-state index is -0.211. The van der Waals surface area contributed by atoms with E-state index in [4.69, 9.17) is 18.9 Å². The predicted octanol–water partition coefficient (Wildman–Crippen LogP) is 6.10. The second kappa shape index (κ2) is 24.4. The number of hydrogen-bond donors (Lipinski definition) is 2. The average Bonchev–Trinajstić information content (AvgIpc) is 3.57. The number of nitrogens with zero attached hydrogens (tertiary/aromatic N) is 5. The summed E-state index contributed by atoms with van der Waals surface area (Å²) in [4.78, 5) is 32.5. The van der Waals surface area contributed by atoms with Gasteiger partial charge in [0.1, 0.15) is 17.8 Å². The Morgan fingerprint density at radius 3 is 2.22 bits per heavy atom. The zero-order valence-corrected chi connectivity index (χ0v) is 31.8. The molecule has 54 heavy (non-hydrogen) atoms. The Morgan fingerprint density at radius 2 is 1.50 bits per heavy atom. The molecule has 0 fully saturated rings. The van der Waals surface area contributed by atoms with Crippen LogP contribution in [0.4, 0.5) is 5.69 Å². The van der Waals surface area contributed by atoms with Crippen LogP contribution >= 0.6 is 0 Å². The van der Waals surface area contributed by atoms with Crippen molar-refractivity contribution in [3.63, 3.8) is 0 Å². The fourth-order valence-corrected chi connectivity index (χ4v) is 5.49. The van der Waals surface area contributed by atoms with E-state index in [1.807, 2.05) is 61.0 Å². The molecule has 0 unspecified atom stereocenters. The predicted molar refractivity (Wildman–Crippen MR) is 205 cm³/mol. The van der Waals surface area contributed by atoms with E-state index in [2.05, 4.69) is 35.5 Å². The van der Waals surface area contributed by atoms with Gasteiger partial charge < -0.3 is 38.9 Å². The van der Waals surface area contributed by atoms with E-state index in [-0.39, 0.29) is 17.9 Å². The number of aromatic nitrogens is 5. The zero-order valence-electron chi connectivity index (χ0n) is 31.8. The summed E-state index contributed by atoms with van der Waals surface area (Å²) < 4.78 is 29.3. The van der Waals surface area contributed by atoms with E-state index in [0.717, 1.165) is 67.8 Å². The first-order chi connectivity index (χ1) is 26.4. The maximum absolute atomic E-state index is 13.2. The molecule has 2 aromatic heterocycles. The van der Waals surface area contributed by atoms with Crippen LogP contribution in [0.2, 0.25) is 0 Å². The van der Waals surface area contributed by atoms with Crippen LogP contribution in [0.5, 0.6) is 5.75 Å². The highest BCUT2D eigenvalue weighted by Crippen LogP contribution is 2.21. The number of methoxy groups -OCH3 is 1. The van der Waals surface area contributed by atoms with E-state index >= 15 is 0 Å². The second-order valence-corrected chi connectivity index (χ2v) is 12.8. The molecule has 4 aromatic rings. The van der Waals surface area contributed by atoms with Crippen molar-refractivity contribution in [2.45, 2.75) is 70.9 Å². The Kier molecular flexibility index (Phi) is 18.9. The molecule has 0 saturated carbocycles. The number of amides is 1. The molecule has 1 amide bonds. The van der Waals surface area contributed by atoms with Crippen molar-refractivity contribution in [3.05, 3.63) is 84.1 Å². The number of unbranched alkanes of at least 4 members (excludes halogenated alkanes) is 5. The topological polar surface area (TPSA) is 161 Å². The molecule has 2 heterocycles. The molecule has 0 saturated heterocycles. The normalized spacial score (nSPS) is 11.6. The number of benzene rings is 2. The largest absolute Gasteiger partial charge is 0.494 e. The van der Waals surface area contributed by atoms with Gasteiger partial charge >= 0.3 is 5.97 Å². The average molecular weight is 746 g/mol. The van der Waals surface area contributed by atoms with Crippen molar-refractivity contribution in [2.75, 3.05) is 58.7 Å². The minimum Gasteiger partial charge on any atom is -0.494 e. The SMILES string of the molecule is COC(=O)CCCCCOCCOCCOCCCCCCOc1cccc([C@@H](C)NC(=O)c2cccc(NCc3nnc(-c4ccncn4)n3C)c2)c1. The first-order valence-electron chi connectivity index (χ1n) is 18.8. The van der Waals surface area contributed by atoms with Gasteiger partial charge in [0.25, 0.3) is 5.91 Å². The maximum atomic E-state index is 13.2. The van der Waals surface area contributed by atoms with Crippen LogP contribution in [-0.4, -0.2) is 90.0 Å². The molecule has 0 aliphatic heterocycles. The van der Waals surface area contributed by atoms with Crippen LogP contribution in [0.1, 0.15) is 86.1 Å². The Labute approximate surface area is 318 Å². The van der Waals surface area contributed by atoms with E-state index in [1.165, 1.54) is 13.4 Å².